The number of benzene rings is 3. The Balaban J connectivity index is 1.71. The number of aromatic carboxylic acids is 1. The van der Waals surface area contributed by atoms with Crippen LogP contribution in [0.2, 0.25) is 0 Å². The van der Waals surface area contributed by atoms with Crippen molar-refractivity contribution in [3.8, 4) is 11.8 Å². The Labute approximate surface area is 208 Å². The third-order valence-electron chi connectivity index (χ3n) is 6.03. The van der Waals surface area contributed by atoms with Crippen LogP contribution >= 0.6 is 0 Å². The maximum Gasteiger partial charge on any atom is 0.338 e. The van der Waals surface area contributed by atoms with E-state index in [1.54, 1.807) is 6.07 Å². The van der Waals surface area contributed by atoms with Gasteiger partial charge in [0.15, 0.2) is 0 Å². The zero-order valence-corrected chi connectivity index (χ0v) is 20.7. The molecule has 3 aromatic rings. The third-order valence-corrected chi connectivity index (χ3v) is 6.03. The van der Waals surface area contributed by atoms with E-state index < -0.39 is 11.8 Å². The van der Waals surface area contributed by atoms with Gasteiger partial charge in [0.2, 0.25) is 0 Å². The molecule has 35 heavy (non-hydrogen) atoms. The fraction of sp³-hybridized carbons (Fsp3) is 0.323. The second-order valence-corrected chi connectivity index (χ2v) is 8.85. The van der Waals surface area contributed by atoms with Gasteiger partial charge < -0.3 is 10.0 Å². The van der Waals surface area contributed by atoms with Crippen LogP contribution < -0.4 is 4.90 Å². The van der Waals surface area contributed by atoms with Crippen LogP contribution in [0.4, 0.5) is 10.1 Å². The molecule has 0 atom stereocenters. The molecule has 3 nitrogen and oxygen atoms in total. The number of halogens is 1. The standard InChI is InChI=1S/C31H34FNO2/c1-3-5-7-21-33(28-19-20-30(32)29(22-28)31(34)35)23-27-17-15-26(16-18-27)14-13-25-11-9-24(10-12-25)8-6-4-2/h9-12,15-20,22H,3-8,21,23H2,1-2H3,(H,34,35). The van der Waals surface area contributed by atoms with Crippen molar-refractivity contribution in [2.45, 2.75) is 58.9 Å². The highest BCUT2D eigenvalue weighted by Gasteiger charge is 2.15. The SMILES string of the molecule is CCCCCN(Cc1ccc(C#Cc2ccc(CCCC)cc2)cc1)c1ccc(F)c(C(=O)O)c1. The van der Waals surface area contributed by atoms with Crippen molar-refractivity contribution in [1.29, 1.82) is 0 Å². The minimum absolute atomic E-state index is 0.299. The molecule has 0 aliphatic rings. The van der Waals surface area contributed by atoms with Crippen LogP contribution in [0.3, 0.4) is 0 Å². The lowest BCUT2D eigenvalue weighted by atomic mass is 10.1. The predicted molar refractivity (Wildman–Crippen MR) is 141 cm³/mol. The van der Waals surface area contributed by atoms with Gasteiger partial charge in [-0.3, -0.25) is 0 Å². The zero-order valence-electron chi connectivity index (χ0n) is 20.7. The molecule has 0 aromatic heterocycles. The first-order valence-corrected chi connectivity index (χ1v) is 12.5. The first kappa shape index (κ1) is 26.0. The minimum atomic E-state index is -1.25. The van der Waals surface area contributed by atoms with Gasteiger partial charge in [-0.25, -0.2) is 9.18 Å². The Bertz CT molecular complexity index is 1160. The lowest BCUT2D eigenvalue weighted by Gasteiger charge is -2.25. The average molecular weight is 472 g/mol. The highest BCUT2D eigenvalue weighted by molar-refractivity contribution is 5.89. The lowest BCUT2D eigenvalue weighted by molar-refractivity contribution is 0.0692. The molecule has 0 saturated heterocycles. The quantitative estimate of drug-likeness (QED) is 0.233. The van der Waals surface area contributed by atoms with Crippen LogP contribution in [-0.2, 0) is 13.0 Å². The lowest BCUT2D eigenvalue weighted by Crippen LogP contribution is -2.24. The highest BCUT2D eigenvalue weighted by Crippen LogP contribution is 2.22. The van der Waals surface area contributed by atoms with E-state index in [-0.39, 0.29) is 5.56 Å². The van der Waals surface area contributed by atoms with Gasteiger partial charge in [-0.2, -0.15) is 0 Å². The molecule has 1 N–H and O–H groups in total. The number of carboxylic acids is 1. The van der Waals surface area contributed by atoms with Crippen molar-refractivity contribution >= 4 is 11.7 Å². The fourth-order valence-electron chi connectivity index (χ4n) is 3.92. The second kappa shape index (κ2) is 13.3. The molecule has 0 aliphatic heterocycles. The predicted octanol–water partition coefficient (Wildman–Crippen LogP) is 7.46. The number of hydrogen-bond donors (Lipinski definition) is 1. The highest BCUT2D eigenvalue weighted by atomic mass is 19.1. The Morgan fingerprint density at radius 3 is 2.00 bits per heavy atom. The maximum atomic E-state index is 13.9. The topological polar surface area (TPSA) is 40.5 Å². The summed E-state index contributed by atoms with van der Waals surface area (Å²) < 4.78 is 13.9. The second-order valence-electron chi connectivity index (χ2n) is 8.85. The van der Waals surface area contributed by atoms with Gasteiger partial charge >= 0.3 is 5.97 Å². The molecule has 0 saturated carbocycles. The summed E-state index contributed by atoms with van der Waals surface area (Å²) in [5.74, 6) is 4.50. The molecule has 0 bridgehead atoms. The number of anilines is 1. The number of unbranched alkanes of at least 4 members (excludes halogenated alkanes) is 3. The van der Waals surface area contributed by atoms with Gasteiger partial charge in [0.25, 0.3) is 0 Å². The molecule has 0 spiro atoms. The van der Waals surface area contributed by atoms with Crippen molar-refractivity contribution in [1.82, 2.24) is 0 Å². The summed E-state index contributed by atoms with van der Waals surface area (Å²) in [7, 11) is 0. The van der Waals surface area contributed by atoms with E-state index in [9.17, 15) is 14.3 Å². The summed E-state index contributed by atoms with van der Waals surface area (Å²) in [4.78, 5) is 13.5. The minimum Gasteiger partial charge on any atom is -0.478 e. The molecule has 0 unspecified atom stereocenters. The van der Waals surface area contributed by atoms with Crippen LogP contribution in [0, 0.1) is 17.7 Å². The number of hydrogen-bond acceptors (Lipinski definition) is 2. The summed E-state index contributed by atoms with van der Waals surface area (Å²) in [5.41, 5.74) is 4.80. The molecule has 0 fully saturated rings. The van der Waals surface area contributed by atoms with Crippen molar-refractivity contribution in [2.24, 2.45) is 0 Å². The van der Waals surface area contributed by atoms with E-state index >= 15 is 0 Å². The first-order valence-electron chi connectivity index (χ1n) is 12.5. The number of carboxylic acid groups (broad SMARTS) is 1. The largest absolute Gasteiger partial charge is 0.478 e. The molecule has 4 heteroatoms. The van der Waals surface area contributed by atoms with Crippen LogP contribution in [-0.4, -0.2) is 17.6 Å². The maximum absolute atomic E-state index is 13.9. The van der Waals surface area contributed by atoms with E-state index in [4.69, 9.17) is 0 Å². The number of rotatable bonds is 11. The van der Waals surface area contributed by atoms with Crippen LogP contribution in [0.15, 0.2) is 66.7 Å². The summed E-state index contributed by atoms with van der Waals surface area (Å²) in [6, 6.07) is 20.9. The molecule has 182 valence electrons. The van der Waals surface area contributed by atoms with Gasteiger partial charge in [0.1, 0.15) is 5.82 Å². The molecule has 3 rings (SSSR count). The molecule has 3 aromatic carbocycles. The van der Waals surface area contributed by atoms with E-state index in [2.05, 4.69) is 54.9 Å². The molecule has 0 heterocycles. The molecular weight excluding hydrogens is 437 g/mol. The van der Waals surface area contributed by atoms with Crippen molar-refractivity contribution in [3.63, 3.8) is 0 Å². The average Bonchev–Trinajstić information content (AvgIpc) is 2.87. The van der Waals surface area contributed by atoms with Gasteiger partial charge in [0, 0.05) is 29.9 Å². The van der Waals surface area contributed by atoms with E-state index in [0.29, 0.717) is 12.2 Å². The Hall–Kier alpha value is -3.58. The monoisotopic (exact) mass is 471 g/mol. The molecular formula is C31H34FNO2. The van der Waals surface area contributed by atoms with Crippen LogP contribution in [0.1, 0.15) is 78.6 Å². The van der Waals surface area contributed by atoms with E-state index in [1.807, 2.05) is 24.3 Å². The normalized spacial score (nSPS) is 10.5. The Morgan fingerprint density at radius 2 is 1.43 bits per heavy atom. The van der Waals surface area contributed by atoms with Gasteiger partial charge in [0.05, 0.1) is 5.56 Å². The van der Waals surface area contributed by atoms with Gasteiger partial charge in [-0.05, 0) is 72.9 Å². The van der Waals surface area contributed by atoms with Crippen LogP contribution in [0.25, 0.3) is 0 Å². The van der Waals surface area contributed by atoms with Gasteiger partial charge in [-0.1, -0.05) is 69.2 Å². The van der Waals surface area contributed by atoms with Crippen molar-refractivity contribution in [2.75, 3.05) is 11.4 Å². The Kier molecular flexibility index (Phi) is 9.93. The van der Waals surface area contributed by atoms with Crippen molar-refractivity contribution < 1.29 is 14.3 Å². The summed E-state index contributed by atoms with van der Waals surface area (Å²) in [6.45, 7) is 5.73. The smallest absolute Gasteiger partial charge is 0.338 e. The van der Waals surface area contributed by atoms with E-state index in [0.717, 1.165) is 48.9 Å². The molecule has 0 aliphatic carbocycles. The molecule has 0 radical (unpaired) electrons. The Morgan fingerprint density at radius 1 is 0.829 bits per heavy atom. The van der Waals surface area contributed by atoms with Crippen LogP contribution in [0.5, 0.6) is 0 Å². The fourth-order valence-corrected chi connectivity index (χ4v) is 3.92. The number of nitrogens with zero attached hydrogens (tertiary/aromatic N) is 1. The zero-order chi connectivity index (χ0) is 25.0. The number of carbonyl (C=O) groups is 1. The first-order chi connectivity index (χ1) is 17.0. The molecule has 0 amide bonds. The van der Waals surface area contributed by atoms with Gasteiger partial charge in [-0.15, -0.1) is 0 Å². The third kappa shape index (κ3) is 8.00. The van der Waals surface area contributed by atoms with E-state index in [1.165, 1.54) is 30.5 Å². The summed E-state index contributed by atoms with van der Waals surface area (Å²) >= 11 is 0. The summed E-state index contributed by atoms with van der Waals surface area (Å²) in [5, 5.41) is 9.32. The van der Waals surface area contributed by atoms with Crippen molar-refractivity contribution in [3.05, 3.63) is 100 Å². The summed E-state index contributed by atoms with van der Waals surface area (Å²) in [6.07, 6.45) is 6.66. The number of aryl methyl sites for hydroxylation is 1.